The van der Waals surface area contributed by atoms with E-state index >= 15 is 0 Å². The van der Waals surface area contributed by atoms with Crippen molar-refractivity contribution in [2.45, 2.75) is 235 Å². The second kappa shape index (κ2) is 27.6. The zero-order valence-electron chi connectivity index (χ0n) is 54.3. The number of hydrogen-bond acceptors (Lipinski definition) is 5. The lowest BCUT2D eigenvalue weighted by Crippen LogP contribution is -2.51. The molecule has 5 nitrogen and oxygen atoms in total. The molecule has 0 amide bonds. The minimum atomic E-state index is -0.169. The maximum atomic E-state index is 13.3. The Morgan fingerprint density at radius 2 is 0.624 bits per heavy atom. The van der Waals surface area contributed by atoms with Crippen molar-refractivity contribution in [1.82, 2.24) is 0 Å². The van der Waals surface area contributed by atoms with Crippen LogP contribution in [0.1, 0.15) is 207 Å². The first-order valence-corrected chi connectivity index (χ1v) is 40.2. The lowest BCUT2D eigenvalue weighted by molar-refractivity contribution is -0.162. The second-order valence-electron chi connectivity index (χ2n) is 29.8. The molecule has 0 atom stereocenters. The Balaban J connectivity index is 0.000000122. The summed E-state index contributed by atoms with van der Waals surface area (Å²) in [5.41, 5.74) is 8.59. The average Bonchev–Trinajstić information content (AvgIpc) is 1.69. The van der Waals surface area contributed by atoms with E-state index in [1.54, 1.807) is 16.9 Å². The van der Waals surface area contributed by atoms with Crippen molar-refractivity contribution in [3.63, 3.8) is 0 Å². The van der Waals surface area contributed by atoms with Gasteiger partial charge in [-0.25, -0.2) is 0 Å². The topological polar surface area (TPSA) is 61.8 Å². The first kappa shape index (κ1) is 63.6. The highest BCUT2D eigenvalue weighted by atomic mass is 32.2. The predicted octanol–water partition coefficient (Wildman–Crippen LogP) is 18.4. The molecule has 4 aromatic carbocycles. The summed E-state index contributed by atoms with van der Waals surface area (Å²) in [6.45, 7) is 19.7. The molecule has 462 valence electrons. The van der Waals surface area contributed by atoms with Gasteiger partial charge in [0.2, 0.25) is 0 Å². The van der Waals surface area contributed by atoms with Crippen LogP contribution >= 0.6 is 0 Å². The molecule has 8 saturated carbocycles. The summed E-state index contributed by atoms with van der Waals surface area (Å²) in [4.78, 5) is 32.7. The quantitative estimate of drug-likeness (QED) is 0.0949. The zero-order valence-corrected chi connectivity index (χ0v) is 57.6. The fourth-order valence-electron chi connectivity index (χ4n) is 18.2. The van der Waals surface area contributed by atoms with Gasteiger partial charge in [-0.15, -0.1) is 0 Å². The highest BCUT2D eigenvalue weighted by molar-refractivity contribution is 7.97. The van der Waals surface area contributed by atoms with Gasteiger partial charge in [-0.05, 0) is 318 Å². The number of carbonyl (C=O) groups is 2. The smallest absolute Gasteiger partial charge is 0.317 e. The SMILES string of the molecule is CC(C)(C)c1ccc([S+]2CCCCC2)cc1.COc1c(C)cc([S+]2CCCCC2)cc1C.Cc1cc([S+]2CCCC2)cc(C)c1OC(=O)C12CC3CC(CC(C3)C1)C2.Cc1cc([S+]2CCCCC2)cc(C)c1OC(=O)C12CC3CC(CC(C3)C1)C2. The van der Waals surface area contributed by atoms with E-state index in [1.165, 1.54) is 182 Å². The number of rotatable bonds is 9. The van der Waals surface area contributed by atoms with Gasteiger partial charge >= 0.3 is 11.9 Å². The van der Waals surface area contributed by atoms with Crippen LogP contribution in [0.25, 0.3) is 0 Å². The minimum Gasteiger partial charge on any atom is -0.496 e. The number of ether oxygens (including phenoxy) is 3. The number of methoxy groups -OCH3 is 1. The Hall–Kier alpha value is -2.98. The summed E-state index contributed by atoms with van der Waals surface area (Å²) in [6.07, 6.45) is 30.1. The molecular weight excluding hydrogens is 1120 g/mol. The second-order valence-corrected chi connectivity index (χ2v) is 38.9. The van der Waals surface area contributed by atoms with Crippen molar-refractivity contribution in [3.8, 4) is 17.2 Å². The Kier molecular flexibility index (Phi) is 20.7. The molecule has 0 unspecified atom stereocenters. The molecule has 9 heteroatoms. The summed E-state index contributed by atoms with van der Waals surface area (Å²) in [5.74, 6) is 18.6. The van der Waals surface area contributed by atoms with E-state index < -0.39 is 0 Å². The number of hydrogen-bond donors (Lipinski definition) is 0. The highest BCUT2D eigenvalue weighted by Crippen LogP contribution is 2.62. The van der Waals surface area contributed by atoms with Gasteiger partial charge in [0.25, 0.3) is 0 Å². The van der Waals surface area contributed by atoms with Crippen LogP contribution in [0, 0.1) is 87.9 Å². The Bertz CT molecular complexity index is 2810. The van der Waals surface area contributed by atoms with E-state index in [1.807, 2.05) is 0 Å². The van der Waals surface area contributed by atoms with E-state index in [-0.39, 0.29) is 28.2 Å². The zero-order chi connectivity index (χ0) is 59.6. The van der Waals surface area contributed by atoms with Crippen molar-refractivity contribution < 1.29 is 23.8 Å². The van der Waals surface area contributed by atoms with Crippen LogP contribution in [-0.4, -0.2) is 65.1 Å². The van der Waals surface area contributed by atoms with Crippen molar-refractivity contribution >= 4 is 55.5 Å². The van der Waals surface area contributed by atoms with Crippen molar-refractivity contribution in [2.75, 3.05) is 53.1 Å². The summed E-state index contributed by atoms with van der Waals surface area (Å²) in [6, 6.07) is 23.3. The maximum absolute atomic E-state index is 13.3. The minimum absolute atomic E-state index is 0.0823. The first-order valence-electron chi connectivity index (χ1n) is 34.0. The van der Waals surface area contributed by atoms with Crippen molar-refractivity contribution in [2.24, 2.45) is 46.3 Å². The maximum Gasteiger partial charge on any atom is 0.317 e. The van der Waals surface area contributed by atoms with Gasteiger partial charge in [0, 0.05) is 43.6 Å². The van der Waals surface area contributed by atoms with Crippen LogP contribution in [-0.2, 0) is 58.6 Å². The summed E-state index contributed by atoms with van der Waals surface area (Å²) < 4.78 is 17.7. The Morgan fingerprint density at radius 3 is 0.882 bits per heavy atom. The summed E-state index contributed by atoms with van der Waals surface area (Å²) in [5, 5.41) is 0. The molecule has 8 bridgehead atoms. The molecule has 85 heavy (non-hydrogen) atoms. The van der Waals surface area contributed by atoms with Gasteiger partial charge in [-0.3, -0.25) is 9.59 Å². The van der Waals surface area contributed by atoms with Crippen molar-refractivity contribution in [3.05, 3.63) is 99.6 Å². The van der Waals surface area contributed by atoms with Crippen LogP contribution in [0.2, 0.25) is 0 Å². The van der Waals surface area contributed by atoms with E-state index in [0.717, 1.165) is 114 Å². The molecule has 12 fully saturated rings. The molecule has 16 rings (SSSR count). The van der Waals surface area contributed by atoms with Crippen LogP contribution in [0.3, 0.4) is 0 Å². The van der Waals surface area contributed by atoms with Crippen molar-refractivity contribution in [1.29, 1.82) is 0 Å². The molecular formula is C76H108O5S4+4. The number of aryl methyl sites for hydroxylation is 6. The molecule has 8 aliphatic carbocycles. The molecule has 12 aliphatic rings. The van der Waals surface area contributed by atoms with Crippen LogP contribution in [0.5, 0.6) is 17.2 Å². The largest absolute Gasteiger partial charge is 0.496 e. The summed E-state index contributed by atoms with van der Waals surface area (Å²) >= 11 is 0. The Labute approximate surface area is 527 Å². The van der Waals surface area contributed by atoms with Gasteiger partial charge < -0.3 is 14.2 Å². The van der Waals surface area contributed by atoms with E-state index in [4.69, 9.17) is 14.2 Å². The van der Waals surface area contributed by atoms with Crippen LogP contribution in [0.15, 0.2) is 80.2 Å². The van der Waals surface area contributed by atoms with Crippen LogP contribution in [0.4, 0.5) is 0 Å². The third kappa shape index (κ3) is 14.9. The molecule has 4 heterocycles. The fourth-order valence-corrected chi connectivity index (χ4v) is 27.9. The third-order valence-electron chi connectivity index (χ3n) is 21.8. The third-order valence-corrected chi connectivity index (χ3v) is 31.7. The lowest BCUT2D eigenvalue weighted by atomic mass is 9.49. The van der Waals surface area contributed by atoms with Gasteiger partial charge in [-0.1, -0.05) is 32.9 Å². The van der Waals surface area contributed by atoms with E-state index in [2.05, 4.69) is 123 Å². The van der Waals surface area contributed by atoms with E-state index in [9.17, 15) is 9.59 Å². The molecule has 0 spiro atoms. The fraction of sp³-hybridized carbons (Fsp3) is 0.658. The van der Waals surface area contributed by atoms with Gasteiger partial charge in [0.15, 0.2) is 19.6 Å². The Morgan fingerprint density at radius 1 is 0.376 bits per heavy atom. The predicted molar refractivity (Wildman–Crippen MR) is 364 cm³/mol. The molecule has 0 N–H and O–H groups in total. The number of benzene rings is 4. The van der Waals surface area contributed by atoms with Crippen LogP contribution < -0.4 is 14.2 Å². The van der Waals surface area contributed by atoms with E-state index in [0.29, 0.717) is 43.6 Å². The molecule has 4 aromatic rings. The monoisotopic (exact) mass is 1230 g/mol. The number of carbonyl (C=O) groups excluding carboxylic acids is 2. The first-order chi connectivity index (χ1) is 40.8. The highest BCUT2D eigenvalue weighted by Gasteiger charge is 2.57. The summed E-state index contributed by atoms with van der Waals surface area (Å²) in [7, 11) is 3.64. The molecule has 4 aliphatic heterocycles. The normalized spacial score (nSPS) is 29.0. The average molecular weight is 1230 g/mol. The number of esters is 2. The molecule has 0 aromatic heterocycles. The van der Waals surface area contributed by atoms with Gasteiger partial charge in [-0.2, -0.15) is 0 Å². The lowest BCUT2D eigenvalue weighted by Gasteiger charge is -2.55. The molecule has 4 saturated heterocycles. The standard InChI is InChI=1S/C24H33O2S.C23H31O2S.C15H23S.C14H21OS/c1-16-8-21(27-6-4-3-5-7-27)9-17(2)22(16)26-23(25)24-13-18-10-19(14-24)12-20(11-18)15-24;1-15-7-20(26-5-3-4-6-26)8-16(2)21(15)25-22(24)23-12-17-9-18(13-23)11-19(10-17)14-23;1-15(2,3)13-7-9-14(10-8-13)16-11-5-4-6-12-16;1-11-9-13(10-12(2)14(11)15-3)16-7-5-4-6-8-16/h8-9,18-20H,3-7,10-15H2,1-2H3;7-8,17-19H,3-6,9-14H2,1-2H3;7-10H,4-6,11-12H2,1-3H3;9-10H,4-8H2,1-3H3/q4*+1. The van der Waals surface area contributed by atoms with Gasteiger partial charge in [0.05, 0.1) is 17.9 Å². The molecule has 0 radical (unpaired) electrons. The van der Waals surface area contributed by atoms with Gasteiger partial charge in [0.1, 0.15) is 63.3 Å².